The van der Waals surface area contributed by atoms with E-state index in [0.29, 0.717) is 11.1 Å². The van der Waals surface area contributed by atoms with Crippen molar-refractivity contribution >= 4 is 11.8 Å². The first-order valence-electron chi connectivity index (χ1n) is 4.35. The van der Waals surface area contributed by atoms with Crippen LogP contribution in [0.2, 0.25) is 0 Å². The number of nitrogens with zero attached hydrogens (tertiary/aromatic N) is 2. The van der Waals surface area contributed by atoms with Crippen LogP contribution in [-0.4, -0.2) is 23.6 Å². The van der Waals surface area contributed by atoms with Gasteiger partial charge in [0.1, 0.15) is 5.75 Å². The van der Waals surface area contributed by atoms with Gasteiger partial charge in [0.15, 0.2) is 0 Å². The summed E-state index contributed by atoms with van der Waals surface area (Å²) in [6, 6.07) is 7.49. The molecule has 0 saturated carbocycles. The largest absolute Gasteiger partial charge is 0.497 e. The number of thioether (sulfide) groups is 1. The molecule has 2 aromatic rings. The Labute approximate surface area is 91.7 Å². The lowest BCUT2D eigenvalue weighted by Gasteiger charge is -1.98. The van der Waals surface area contributed by atoms with E-state index in [2.05, 4.69) is 10.2 Å². The molecule has 0 fully saturated rings. The van der Waals surface area contributed by atoms with Crippen molar-refractivity contribution in [2.45, 2.75) is 5.22 Å². The summed E-state index contributed by atoms with van der Waals surface area (Å²) in [5, 5.41) is 8.37. The number of aromatic nitrogens is 2. The van der Waals surface area contributed by atoms with Crippen molar-refractivity contribution in [1.82, 2.24) is 10.2 Å². The van der Waals surface area contributed by atoms with Crippen LogP contribution >= 0.6 is 11.8 Å². The van der Waals surface area contributed by atoms with Gasteiger partial charge in [-0.05, 0) is 30.5 Å². The fraction of sp³-hybridized carbons (Fsp3) is 0.200. The highest BCUT2D eigenvalue weighted by molar-refractivity contribution is 7.98. The summed E-state index contributed by atoms with van der Waals surface area (Å²) >= 11 is 1.43. The Bertz CT molecular complexity index is 439. The van der Waals surface area contributed by atoms with E-state index in [9.17, 15) is 0 Å². The highest BCUT2D eigenvalue weighted by Gasteiger charge is 2.07. The van der Waals surface area contributed by atoms with E-state index in [1.165, 1.54) is 11.8 Å². The molecule has 78 valence electrons. The number of rotatable bonds is 3. The summed E-state index contributed by atoms with van der Waals surface area (Å²) in [4.78, 5) is 0. The van der Waals surface area contributed by atoms with Crippen LogP contribution in [0.3, 0.4) is 0 Å². The summed E-state index contributed by atoms with van der Waals surface area (Å²) in [5.41, 5.74) is 0.892. The minimum absolute atomic E-state index is 0.530. The van der Waals surface area contributed by atoms with Gasteiger partial charge in [-0.1, -0.05) is 11.8 Å². The smallest absolute Gasteiger partial charge is 0.276 e. The quantitative estimate of drug-likeness (QED) is 0.746. The van der Waals surface area contributed by atoms with Gasteiger partial charge in [-0.3, -0.25) is 0 Å². The standard InChI is InChI=1S/C10H10N2O2S/c1-13-8-5-3-7(4-6-8)9-11-12-10(14-9)15-2/h3-6H,1-2H3. The van der Waals surface area contributed by atoms with Gasteiger partial charge in [-0.25, -0.2) is 0 Å². The summed E-state index contributed by atoms with van der Waals surface area (Å²) < 4.78 is 10.5. The van der Waals surface area contributed by atoms with E-state index >= 15 is 0 Å². The molecule has 0 N–H and O–H groups in total. The van der Waals surface area contributed by atoms with Crippen molar-refractivity contribution < 1.29 is 9.15 Å². The second-order valence-corrected chi connectivity index (χ2v) is 3.56. The average Bonchev–Trinajstić information content (AvgIpc) is 2.78. The normalized spacial score (nSPS) is 10.3. The van der Waals surface area contributed by atoms with Crippen LogP contribution in [0.4, 0.5) is 0 Å². The second-order valence-electron chi connectivity index (χ2n) is 2.81. The molecular formula is C10H10N2O2S. The minimum atomic E-state index is 0.530. The molecule has 1 aromatic heterocycles. The fourth-order valence-corrected chi connectivity index (χ4v) is 1.43. The van der Waals surface area contributed by atoms with Crippen LogP contribution in [0, 0.1) is 0 Å². The van der Waals surface area contributed by atoms with E-state index in [1.807, 2.05) is 30.5 Å². The van der Waals surface area contributed by atoms with Gasteiger partial charge >= 0.3 is 0 Å². The zero-order valence-electron chi connectivity index (χ0n) is 8.43. The third-order valence-electron chi connectivity index (χ3n) is 1.92. The molecule has 5 heteroatoms. The van der Waals surface area contributed by atoms with E-state index in [0.717, 1.165) is 11.3 Å². The van der Waals surface area contributed by atoms with Gasteiger partial charge in [0.2, 0.25) is 5.89 Å². The van der Waals surface area contributed by atoms with Crippen LogP contribution in [0.5, 0.6) is 5.75 Å². The monoisotopic (exact) mass is 222 g/mol. The molecule has 15 heavy (non-hydrogen) atoms. The maximum Gasteiger partial charge on any atom is 0.276 e. The molecule has 0 bridgehead atoms. The lowest BCUT2D eigenvalue weighted by atomic mass is 10.2. The molecule has 2 rings (SSSR count). The molecular weight excluding hydrogens is 212 g/mol. The summed E-state index contributed by atoms with van der Waals surface area (Å²) in [7, 11) is 1.63. The zero-order valence-corrected chi connectivity index (χ0v) is 9.25. The molecule has 0 aliphatic carbocycles. The molecule has 0 spiro atoms. The summed E-state index contributed by atoms with van der Waals surface area (Å²) in [6.07, 6.45) is 1.89. The first kappa shape index (κ1) is 10.0. The van der Waals surface area contributed by atoms with Crippen LogP contribution in [0.25, 0.3) is 11.5 Å². The summed E-state index contributed by atoms with van der Waals surface area (Å²) in [5.74, 6) is 1.34. The Morgan fingerprint density at radius 3 is 2.47 bits per heavy atom. The van der Waals surface area contributed by atoms with Crippen molar-refractivity contribution in [3.05, 3.63) is 24.3 Å². The molecule has 0 saturated heterocycles. The molecule has 0 aliphatic heterocycles. The van der Waals surface area contributed by atoms with Crippen LogP contribution in [-0.2, 0) is 0 Å². The second kappa shape index (κ2) is 4.35. The summed E-state index contributed by atoms with van der Waals surface area (Å²) in [6.45, 7) is 0. The van der Waals surface area contributed by atoms with Gasteiger partial charge in [-0.15, -0.1) is 10.2 Å². The first-order valence-corrected chi connectivity index (χ1v) is 5.58. The molecule has 1 aromatic carbocycles. The lowest BCUT2D eigenvalue weighted by molar-refractivity contribution is 0.414. The van der Waals surface area contributed by atoms with E-state index < -0.39 is 0 Å². The molecule has 0 atom stereocenters. The average molecular weight is 222 g/mol. The molecule has 0 amide bonds. The van der Waals surface area contributed by atoms with Crippen LogP contribution in [0.15, 0.2) is 33.9 Å². The van der Waals surface area contributed by atoms with Crippen LogP contribution < -0.4 is 4.74 Å². The maximum absolute atomic E-state index is 5.39. The predicted octanol–water partition coefficient (Wildman–Crippen LogP) is 2.47. The third-order valence-corrected chi connectivity index (χ3v) is 2.43. The minimum Gasteiger partial charge on any atom is -0.497 e. The molecule has 0 aliphatic rings. The van der Waals surface area contributed by atoms with Gasteiger partial charge in [-0.2, -0.15) is 0 Å². The van der Waals surface area contributed by atoms with Crippen molar-refractivity contribution in [3.8, 4) is 17.2 Å². The molecule has 4 nitrogen and oxygen atoms in total. The topological polar surface area (TPSA) is 48.2 Å². The highest BCUT2D eigenvalue weighted by atomic mass is 32.2. The number of ether oxygens (including phenoxy) is 1. The van der Waals surface area contributed by atoms with Crippen molar-refractivity contribution in [1.29, 1.82) is 0 Å². The van der Waals surface area contributed by atoms with Gasteiger partial charge in [0.25, 0.3) is 5.22 Å². The van der Waals surface area contributed by atoms with Gasteiger partial charge in [0, 0.05) is 5.56 Å². The van der Waals surface area contributed by atoms with E-state index in [4.69, 9.17) is 9.15 Å². The SMILES string of the molecule is COc1ccc(-c2nnc(SC)o2)cc1. The Kier molecular flexibility index (Phi) is 2.91. The van der Waals surface area contributed by atoms with Gasteiger partial charge in [0.05, 0.1) is 7.11 Å². The Hall–Kier alpha value is -1.49. The highest BCUT2D eigenvalue weighted by Crippen LogP contribution is 2.23. The molecule has 0 radical (unpaired) electrons. The number of methoxy groups -OCH3 is 1. The van der Waals surface area contributed by atoms with Crippen molar-refractivity contribution in [3.63, 3.8) is 0 Å². The Balaban J connectivity index is 2.28. The van der Waals surface area contributed by atoms with Crippen LogP contribution in [0.1, 0.15) is 0 Å². The number of hydrogen-bond donors (Lipinski definition) is 0. The number of benzene rings is 1. The maximum atomic E-state index is 5.39. The molecule has 1 heterocycles. The Morgan fingerprint density at radius 2 is 1.93 bits per heavy atom. The van der Waals surface area contributed by atoms with Crippen molar-refractivity contribution in [2.24, 2.45) is 0 Å². The van der Waals surface area contributed by atoms with Gasteiger partial charge < -0.3 is 9.15 Å². The third kappa shape index (κ3) is 2.12. The van der Waals surface area contributed by atoms with Crippen molar-refractivity contribution in [2.75, 3.05) is 13.4 Å². The molecule has 0 unspecified atom stereocenters. The van der Waals surface area contributed by atoms with E-state index in [1.54, 1.807) is 7.11 Å². The predicted molar refractivity (Wildman–Crippen MR) is 58.1 cm³/mol. The lowest BCUT2D eigenvalue weighted by Crippen LogP contribution is -1.82. The Morgan fingerprint density at radius 1 is 1.20 bits per heavy atom. The van der Waals surface area contributed by atoms with E-state index in [-0.39, 0.29) is 0 Å². The number of hydrogen-bond acceptors (Lipinski definition) is 5. The first-order chi connectivity index (χ1) is 7.33. The fourth-order valence-electron chi connectivity index (χ4n) is 1.14. The zero-order chi connectivity index (χ0) is 10.7.